The minimum atomic E-state index is -0.332. The number of anilines is 1. The van der Waals surface area contributed by atoms with Crippen LogP contribution in [0.5, 0.6) is 0 Å². The van der Waals surface area contributed by atoms with Crippen molar-refractivity contribution in [1.29, 1.82) is 0 Å². The maximum atomic E-state index is 12.2. The molecule has 0 radical (unpaired) electrons. The fourth-order valence-electron chi connectivity index (χ4n) is 2.29. The van der Waals surface area contributed by atoms with E-state index in [0.717, 1.165) is 15.3 Å². The molecule has 1 amide bonds. The molecule has 7 nitrogen and oxygen atoms in total. The number of thiazole rings is 1. The van der Waals surface area contributed by atoms with E-state index in [1.165, 1.54) is 23.1 Å². The molecule has 0 aliphatic carbocycles. The number of halogens is 1. The van der Waals surface area contributed by atoms with Crippen LogP contribution in [0.4, 0.5) is 5.13 Å². The number of rotatable bonds is 8. The second kappa shape index (κ2) is 9.85. The quantitative estimate of drug-likeness (QED) is 0.388. The highest BCUT2D eigenvalue weighted by atomic mass is 79.9. The van der Waals surface area contributed by atoms with Crippen molar-refractivity contribution < 1.29 is 14.3 Å². The van der Waals surface area contributed by atoms with Gasteiger partial charge in [0.1, 0.15) is 0 Å². The Morgan fingerprint density at radius 3 is 2.86 bits per heavy atom. The number of ether oxygens (including phenoxy) is 1. The van der Waals surface area contributed by atoms with Crippen LogP contribution in [-0.4, -0.2) is 38.8 Å². The SMILES string of the molecule is CCOC(=O)Cc1csc(NC(=O)CSc2nccn2-c2ccc(Br)cc2)n1. The second-order valence-corrected chi connectivity index (χ2v) is 8.24. The largest absolute Gasteiger partial charge is 0.466 e. The van der Waals surface area contributed by atoms with E-state index < -0.39 is 0 Å². The van der Waals surface area contributed by atoms with Crippen molar-refractivity contribution in [3.8, 4) is 5.69 Å². The first-order valence-electron chi connectivity index (χ1n) is 8.37. The minimum absolute atomic E-state index is 0.0968. The van der Waals surface area contributed by atoms with Gasteiger partial charge in [-0.2, -0.15) is 0 Å². The van der Waals surface area contributed by atoms with Crippen LogP contribution in [0.2, 0.25) is 0 Å². The van der Waals surface area contributed by atoms with Crippen molar-refractivity contribution in [3.05, 3.63) is 52.2 Å². The van der Waals surface area contributed by atoms with Gasteiger partial charge in [-0.3, -0.25) is 14.2 Å². The summed E-state index contributed by atoms with van der Waals surface area (Å²) in [5.74, 6) is -0.325. The molecule has 0 bridgehead atoms. The van der Waals surface area contributed by atoms with Crippen molar-refractivity contribution >= 4 is 56.0 Å². The van der Waals surface area contributed by atoms with E-state index in [1.807, 2.05) is 35.0 Å². The third-order valence-corrected chi connectivity index (χ3v) is 5.77. The van der Waals surface area contributed by atoms with E-state index in [1.54, 1.807) is 18.5 Å². The summed E-state index contributed by atoms with van der Waals surface area (Å²) in [7, 11) is 0. The number of hydrogen-bond donors (Lipinski definition) is 1. The van der Waals surface area contributed by atoms with E-state index in [4.69, 9.17) is 4.74 Å². The minimum Gasteiger partial charge on any atom is -0.466 e. The molecule has 2 heterocycles. The molecule has 1 aromatic carbocycles. The Bertz CT molecular complexity index is 956. The zero-order chi connectivity index (χ0) is 19.9. The molecular weight excluding hydrogens is 464 g/mol. The summed E-state index contributed by atoms with van der Waals surface area (Å²) in [6, 6.07) is 7.84. The molecular formula is C18H17BrN4O3S2. The van der Waals surface area contributed by atoms with Crippen LogP contribution in [0, 0.1) is 0 Å². The summed E-state index contributed by atoms with van der Waals surface area (Å²) in [5, 5.41) is 5.67. The van der Waals surface area contributed by atoms with Gasteiger partial charge in [-0.1, -0.05) is 27.7 Å². The number of nitrogens with one attached hydrogen (secondary N) is 1. The Labute approximate surface area is 178 Å². The van der Waals surface area contributed by atoms with Gasteiger partial charge in [0.15, 0.2) is 10.3 Å². The second-order valence-electron chi connectivity index (χ2n) is 5.52. The van der Waals surface area contributed by atoms with Crippen molar-refractivity contribution in [1.82, 2.24) is 14.5 Å². The van der Waals surface area contributed by atoms with E-state index in [-0.39, 0.29) is 24.1 Å². The maximum absolute atomic E-state index is 12.2. The fourth-order valence-corrected chi connectivity index (χ4v) is 4.05. The number of hydrogen-bond acceptors (Lipinski definition) is 7. The zero-order valence-corrected chi connectivity index (χ0v) is 18.1. The number of esters is 1. The van der Waals surface area contributed by atoms with Gasteiger partial charge in [0.2, 0.25) is 5.91 Å². The van der Waals surface area contributed by atoms with Crippen LogP contribution in [0.3, 0.4) is 0 Å². The molecule has 0 atom stereocenters. The van der Waals surface area contributed by atoms with Gasteiger partial charge in [0.25, 0.3) is 0 Å². The third-order valence-electron chi connectivity index (χ3n) is 3.47. The third kappa shape index (κ3) is 5.66. The lowest BCUT2D eigenvalue weighted by Gasteiger charge is -2.07. The first kappa shape index (κ1) is 20.6. The summed E-state index contributed by atoms with van der Waals surface area (Å²) in [6.07, 6.45) is 3.65. The van der Waals surface area contributed by atoms with Gasteiger partial charge in [0, 0.05) is 27.9 Å². The molecule has 0 aliphatic heterocycles. The molecule has 0 unspecified atom stereocenters. The molecule has 2 aromatic heterocycles. The van der Waals surface area contributed by atoms with E-state index in [9.17, 15) is 9.59 Å². The first-order valence-corrected chi connectivity index (χ1v) is 11.0. The van der Waals surface area contributed by atoms with Gasteiger partial charge < -0.3 is 10.1 Å². The number of carbonyl (C=O) groups excluding carboxylic acids is 2. The van der Waals surface area contributed by atoms with E-state index in [0.29, 0.717) is 17.4 Å². The zero-order valence-electron chi connectivity index (χ0n) is 14.9. The Morgan fingerprint density at radius 2 is 2.11 bits per heavy atom. The highest BCUT2D eigenvalue weighted by Crippen LogP contribution is 2.22. The fraction of sp³-hybridized carbons (Fsp3) is 0.222. The molecule has 0 saturated heterocycles. The number of benzene rings is 1. The molecule has 146 valence electrons. The Hall–Kier alpha value is -2.17. The Morgan fingerprint density at radius 1 is 1.32 bits per heavy atom. The summed E-state index contributed by atoms with van der Waals surface area (Å²) >= 11 is 6.03. The van der Waals surface area contributed by atoms with Crippen molar-refractivity contribution in [2.45, 2.75) is 18.5 Å². The van der Waals surface area contributed by atoms with Crippen molar-refractivity contribution in [3.63, 3.8) is 0 Å². The predicted molar refractivity (Wildman–Crippen MR) is 113 cm³/mol. The van der Waals surface area contributed by atoms with Gasteiger partial charge in [0.05, 0.1) is 24.5 Å². The molecule has 1 N–H and O–H groups in total. The predicted octanol–water partition coefficient (Wildman–Crippen LogP) is 3.93. The number of nitrogens with zero attached hydrogens (tertiary/aromatic N) is 3. The van der Waals surface area contributed by atoms with Crippen LogP contribution in [-0.2, 0) is 20.7 Å². The molecule has 0 saturated carbocycles. The Balaban J connectivity index is 1.54. The summed E-state index contributed by atoms with van der Waals surface area (Å²) in [4.78, 5) is 32.3. The maximum Gasteiger partial charge on any atom is 0.311 e. The first-order chi connectivity index (χ1) is 13.5. The Kier molecular flexibility index (Phi) is 7.24. The number of aromatic nitrogens is 3. The number of amides is 1. The van der Waals surface area contributed by atoms with Gasteiger partial charge in [-0.25, -0.2) is 9.97 Å². The molecule has 0 aliphatic rings. The van der Waals surface area contributed by atoms with Gasteiger partial charge in [-0.05, 0) is 31.2 Å². The van der Waals surface area contributed by atoms with E-state index in [2.05, 4.69) is 31.2 Å². The summed E-state index contributed by atoms with van der Waals surface area (Å²) in [6.45, 7) is 2.09. The molecule has 0 fully saturated rings. The lowest BCUT2D eigenvalue weighted by molar-refractivity contribution is -0.142. The smallest absolute Gasteiger partial charge is 0.311 e. The number of thioether (sulfide) groups is 1. The van der Waals surface area contributed by atoms with Crippen LogP contribution in [0.15, 0.2) is 51.7 Å². The highest BCUT2D eigenvalue weighted by molar-refractivity contribution is 9.10. The van der Waals surface area contributed by atoms with Crippen molar-refractivity contribution in [2.75, 3.05) is 17.7 Å². The topological polar surface area (TPSA) is 86.1 Å². The van der Waals surface area contributed by atoms with Crippen LogP contribution >= 0.6 is 39.0 Å². The van der Waals surface area contributed by atoms with E-state index >= 15 is 0 Å². The average molecular weight is 481 g/mol. The molecule has 3 aromatic rings. The molecule has 0 spiro atoms. The summed E-state index contributed by atoms with van der Waals surface area (Å²) < 4.78 is 7.81. The lowest BCUT2D eigenvalue weighted by atomic mass is 10.3. The standard InChI is InChI=1S/C18H17BrN4O3S2/c1-2-26-16(25)9-13-10-27-17(21-13)22-15(24)11-28-18-20-7-8-23(18)14-5-3-12(19)4-6-14/h3-8,10H,2,9,11H2,1H3,(H,21,22,24). The normalized spacial score (nSPS) is 10.6. The van der Waals surface area contributed by atoms with Crippen molar-refractivity contribution in [2.24, 2.45) is 0 Å². The molecule has 28 heavy (non-hydrogen) atoms. The van der Waals surface area contributed by atoms with Gasteiger partial charge in [-0.15, -0.1) is 11.3 Å². The number of imidazole rings is 1. The monoisotopic (exact) mass is 480 g/mol. The van der Waals surface area contributed by atoms with Crippen LogP contribution < -0.4 is 5.32 Å². The lowest BCUT2D eigenvalue weighted by Crippen LogP contribution is -2.14. The number of carbonyl (C=O) groups is 2. The van der Waals surface area contributed by atoms with Crippen LogP contribution in [0.25, 0.3) is 5.69 Å². The average Bonchev–Trinajstić information content (AvgIpc) is 3.30. The summed E-state index contributed by atoms with van der Waals surface area (Å²) in [5.41, 5.74) is 1.55. The van der Waals surface area contributed by atoms with Crippen LogP contribution in [0.1, 0.15) is 12.6 Å². The molecule has 3 rings (SSSR count). The highest BCUT2D eigenvalue weighted by Gasteiger charge is 2.12. The van der Waals surface area contributed by atoms with Gasteiger partial charge >= 0.3 is 5.97 Å². The molecule has 10 heteroatoms.